The van der Waals surface area contributed by atoms with Gasteiger partial charge in [-0.25, -0.2) is 13.6 Å². The van der Waals surface area contributed by atoms with Crippen LogP contribution in [0.5, 0.6) is 0 Å². The van der Waals surface area contributed by atoms with E-state index < -0.39 is 10.0 Å². The summed E-state index contributed by atoms with van der Waals surface area (Å²) in [4.78, 5) is 3.35. The fourth-order valence-corrected chi connectivity index (χ4v) is 3.41. The predicted octanol–water partition coefficient (Wildman–Crippen LogP) is 2.80. The van der Waals surface area contributed by atoms with Gasteiger partial charge in [-0.3, -0.25) is 5.10 Å². The molecule has 0 saturated heterocycles. The molecular formula is C18H16N4O2S. The molecule has 7 heteroatoms. The summed E-state index contributed by atoms with van der Waals surface area (Å²) in [7, 11) is -3.66. The minimum Gasteiger partial charge on any atom is -0.360 e. The first-order chi connectivity index (χ1) is 12.0. The lowest BCUT2D eigenvalue weighted by atomic mass is 10.1. The lowest BCUT2D eigenvalue weighted by Gasteiger charge is -2.01. The molecule has 25 heavy (non-hydrogen) atoms. The van der Waals surface area contributed by atoms with Crippen molar-refractivity contribution in [2.45, 2.75) is 11.3 Å². The number of hydrogen-bond acceptors (Lipinski definition) is 3. The maximum atomic E-state index is 11.3. The maximum absolute atomic E-state index is 11.3. The molecule has 126 valence electrons. The maximum Gasteiger partial charge on any atom is 0.238 e. The van der Waals surface area contributed by atoms with Gasteiger partial charge in [-0.2, -0.15) is 5.10 Å². The van der Waals surface area contributed by atoms with E-state index in [1.807, 2.05) is 30.5 Å². The van der Waals surface area contributed by atoms with Crippen LogP contribution >= 0.6 is 0 Å². The van der Waals surface area contributed by atoms with Gasteiger partial charge in [0.15, 0.2) is 0 Å². The molecule has 4 rings (SSSR count). The van der Waals surface area contributed by atoms with Gasteiger partial charge in [-0.1, -0.05) is 30.3 Å². The molecule has 0 unspecified atom stereocenters. The number of nitrogens with zero attached hydrogens (tertiary/aromatic N) is 1. The summed E-state index contributed by atoms with van der Waals surface area (Å²) in [6, 6.07) is 16.6. The SMILES string of the molecule is NS(=O)(=O)c1ccc(Cc2cc(-c3c[nH]c4ccccc34)n[nH]2)cc1. The van der Waals surface area contributed by atoms with Crippen molar-refractivity contribution in [1.29, 1.82) is 0 Å². The molecule has 0 radical (unpaired) electrons. The van der Waals surface area contributed by atoms with Gasteiger partial charge >= 0.3 is 0 Å². The molecule has 0 fully saturated rings. The second kappa shape index (κ2) is 5.87. The molecule has 2 aromatic carbocycles. The molecule has 0 amide bonds. The largest absolute Gasteiger partial charge is 0.360 e. The van der Waals surface area contributed by atoms with Crippen LogP contribution in [-0.4, -0.2) is 23.6 Å². The van der Waals surface area contributed by atoms with Crippen molar-refractivity contribution in [1.82, 2.24) is 15.2 Å². The second-order valence-electron chi connectivity index (χ2n) is 5.89. The molecule has 4 N–H and O–H groups in total. The Balaban J connectivity index is 1.59. The Hall–Kier alpha value is -2.90. The van der Waals surface area contributed by atoms with Crippen LogP contribution in [0.15, 0.2) is 65.7 Å². The molecule has 0 spiro atoms. The van der Waals surface area contributed by atoms with Crippen LogP contribution in [0.1, 0.15) is 11.3 Å². The van der Waals surface area contributed by atoms with Gasteiger partial charge in [-0.05, 0) is 29.8 Å². The number of sulfonamides is 1. The molecule has 2 heterocycles. The van der Waals surface area contributed by atoms with Crippen molar-refractivity contribution >= 4 is 20.9 Å². The van der Waals surface area contributed by atoms with Crippen LogP contribution in [0.3, 0.4) is 0 Å². The molecule has 0 aliphatic rings. The zero-order valence-corrected chi connectivity index (χ0v) is 14.0. The highest BCUT2D eigenvalue weighted by atomic mass is 32.2. The lowest BCUT2D eigenvalue weighted by molar-refractivity contribution is 0.598. The number of para-hydroxylation sites is 1. The highest BCUT2D eigenvalue weighted by molar-refractivity contribution is 7.89. The molecule has 0 aliphatic heterocycles. The number of hydrogen-bond donors (Lipinski definition) is 3. The van der Waals surface area contributed by atoms with Crippen molar-refractivity contribution in [3.05, 3.63) is 72.1 Å². The fourth-order valence-electron chi connectivity index (χ4n) is 2.89. The molecule has 0 bridgehead atoms. The third-order valence-electron chi connectivity index (χ3n) is 4.14. The van der Waals surface area contributed by atoms with Crippen LogP contribution in [0.4, 0.5) is 0 Å². The summed E-state index contributed by atoms with van der Waals surface area (Å²) in [6.45, 7) is 0. The van der Waals surface area contributed by atoms with Gasteiger partial charge in [0.1, 0.15) is 0 Å². The number of nitrogens with one attached hydrogen (secondary N) is 2. The number of aromatic amines is 2. The van der Waals surface area contributed by atoms with Crippen molar-refractivity contribution in [2.24, 2.45) is 5.14 Å². The molecule has 2 aromatic heterocycles. The van der Waals surface area contributed by atoms with Crippen molar-refractivity contribution in [2.75, 3.05) is 0 Å². The second-order valence-corrected chi connectivity index (χ2v) is 7.45. The third kappa shape index (κ3) is 3.07. The summed E-state index contributed by atoms with van der Waals surface area (Å²) in [5.41, 5.74) is 4.90. The predicted molar refractivity (Wildman–Crippen MR) is 96.5 cm³/mol. The topological polar surface area (TPSA) is 105 Å². The van der Waals surface area contributed by atoms with E-state index in [0.717, 1.165) is 33.4 Å². The zero-order chi connectivity index (χ0) is 17.4. The number of H-pyrrole nitrogens is 2. The van der Waals surface area contributed by atoms with E-state index in [1.54, 1.807) is 12.1 Å². The first-order valence-corrected chi connectivity index (χ1v) is 9.28. The lowest BCUT2D eigenvalue weighted by Crippen LogP contribution is -2.11. The Labute approximate surface area is 144 Å². The molecule has 0 saturated carbocycles. The smallest absolute Gasteiger partial charge is 0.238 e. The molecule has 6 nitrogen and oxygen atoms in total. The standard InChI is InChI=1S/C18H16N4O2S/c19-25(23,24)14-7-5-12(6-8-14)9-13-10-18(22-21-13)16-11-20-17-4-2-1-3-15(16)17/h1-8,10-11,20H,9H2,(H,21,22)(H2,19,23,24). The fraction of sp³-hybridized carbons (Fsp3) is 0.0556. The van der Waals surface area contributed by atoms with Gasteiger partial charge < -0.3 is 4.98 Å². The van der Waals surface area contributed by atoms with Crippen LogP contribution < -0.4 is 5.14 Å². The Bertz CT molecular complexity index is 1140. The summed E-state index contributed by atoms with van der Waals surface area (Å²) >= 11 is 0. The van der Waals surface area contributed by atoms with E-state index in [-0.39, 0.29) is 4.90 Å². The summed E-state index contributed by atoms with van der Waals surface area (Å²) in [5.74, 6) is 0. The van der Waals surface area contributed by atoms with E-state index in [4.69, 9.17) is 5.14 Å². The van der Waals surface area contributed by atoms with Gasteiger partial charge in [0.05, 0.1) is 10.6 Å². The molecule has 0 atom stereocenters. The van der Waals surface area contributed by atoms with Crippen LogP contribution in [0.25, 0.3) is 22.2 Å². The third-order valence-corrected chi connectivity index (χ3v) is 5.07. The van der Waals surface area contributed by atoms with Gasteiger partial charge in [0, 0.05) is 34.8 Å². The first kappa shape index (κ1) is 15.6. The van der Waals surface area contributed by atoms with Crippen molar-refractivity contribution in [3.63, 3.8) is 0 Å². The first-order valence-electron chi connectivity index (χ1n) is 7.73. The number of primary sulfonamides is 1. The Morgan fingerprint density at radius 2 is 1.80 bits per heavy atom. The molecular weight excluding hydrogens is 336 g/mol. The summed E-state index contributed by atoms with van der Waals surface area (Å²) in [6.07, 6.45) is 2.58. The molecule has 0 aliphatic carbocycles. The number of nitrogens with two attached hydrogens (primary N) is 1. The highest BCUT2D eigenvalue weighted by Gasteiger charge is 2.11. The summed E-state index contributed by atoms with van der Waals surface area (Å²) < 4.78 is 22.6. The van der Waals surface area contributed by atoms with E-state index in [9.17, 15) is 8.42 Å². The highest BCUT2D eigenvalue weighted by Crippen LogP contribution is 2.27. The number of rotatable bonds is 4. The minimum absolute atomic E-state index is 0.111. The van der Waals surface area contributed by atoms with Crippen LogP contribution in [-0.2, 0) is 16.4 Å². The monoisotopic (exact) mass is 352 g/mol. The number of benzene rings is 2. The van der Waals surface area contributed by atoms with E-state index in [2.05, 4.69) is 21.2 Å². The van der Waals surface area contributed by atoms with Crippen LogP contribution in [0.2, 0.25) is 0 Å². The van der Waals surface area contributed by atoms with E-state index >= 15 is 0 Å². The zero-order valence-electron chi connectivity index (χ0n) is 13.2. The average Bonchev–Trinajstić information content (AvgIpc) is 3.21. The van der Waals surface area contributed by atoms with Gasteiger partial charge in [0.2, 0.25) is 10.0 Å². The Kier molecular flexibility index (Phi) is 3.67. The minimum atomic E-state index is -3.66. The Morgan fingerprint density at radius 3 is 2.56 bits per heavy atom. The summed E-state index contributed by atoms with van der Waals surface area (Å²) in [5, 5.41) is 13.7. The van der Waals surface area contributed by atoms with Gasteiger partial charge in [0.25, 0.3) is 0 Å². The van der Waals surface area contributed by atoms with Gasteiger partial charge in [-0.15, -0.1) is 0 Å². The van der Waals surface area contributed by atoms with Crippen molar-refractivity contribution in [3.8, 4) is 11.3 Å². The van der Waals surface area contributed by atoms with E-state index in [0.29, 0.717) is 6.42 Å². The number of aromatic nitrogens is 3. The average molecular weight is 352 g/mol. The number of fused-ring (bicyclic) bond motifs is 1. The molecule has 4 aromatic rings. The van der Waals surface area contributed by atoms with E-state index in [1.165, 1.54) is 12.1 Å². The van der Waals surface area contributed by atoms with Crippen LogP contribution in [0, 0.1) is 0 Å². The Morgan fingerprint density at radius 1 is 1.04 bits per heavy atom. The quantitative estimate of drug-likeness (QED) is 0.526. The normalized spacial score (nSPS) is 11.9. The van der Waals surface area contributed by atoms with Crippen molar-refractivity contribution < 1.29 is 8.42 Å².